The predicted octanol–water partition coefficient (Wildman–Crippen LogP) is 5.01. The van der Waals surface area contributed by atoms with Gasteiger partial charge in [0.2, 0.25) is 0 Å². The normalized spacial score (nSPS) is 11.6. The molecule has 2 amide bonds. The molecule has 6 nitrogen and oxygen atoms in total. The fourth-order valence-electron chi connectivity index (χ4n) is 2.88. The first-order chi connectivity index (χ1) is 15.0. The number of benzene rings is 3. The number of carbonyl (C=O) groups is 2. The molecule has 31 heavy (non-hydrogen) atoms. The number of nitrogens with one attached hydrogen (secondary N) is 2. The zero-order chi connectivity index (χ0) is 22.2. The molecule has 2 N–H and O–H groups in total. The second-order valence-corrected chi connectivity index (χ2v) is 7.91. The fraction of sp³-hybridized carbons (Fsp3) is 0.250. The standard InChI is InChI=1S/C24H25BrN2O4/c1-3-4-13-30-22-12-10-19(15-21(22)25)24(29)27-26-23(28)16(2)31-20-11-9-17-7-5-6-8-18(17)14-20/h5-12,14-16H,3-4,13H2,1-2H3,(H,26,28)(H,27,29)/t16-/m1/s1. The van der Waals surface area contributed by atoms with Crippen LogP contribution in [-0.4, -0.2) is 24.5 Å². The molecule has 0 aliphatic rings. The highest BCUT2D eigenvalue weighted by molar-refractivity contribution is 9.10. The smallest absolute Gasteiger partial charge is 0.279 e. The second-order valence-electron chi connectivity index (χ2n) is 7.06. The average Bonchev–Trinajstić information content (AvgIpc) is 2.78. The number of halogens is 1. The molecule has 0 saturated carbocycles. The van der Waals surface area contributed by atoms with E-state index in [4.69, 9.17) is 9.47 Å². The van der Waals surface area contributed by atoms with Crippen LogP contribution in [0.4, 0.5) is 0 Å². The van der Waals surface area contributed by atoms with Crippen molar-refractivity contribution in [1.29, 1.82) is 0 Å². The summed E-state index contributed by atoms with van der Waals surface area (Å²) >= 11 is 3.41. The molecule has 0 bridgehead atoms. The monoisotopic (exact) mass is 484 g/mol. The van der Waals surface area contributed by atoms with Gasteiger partial charge in [0.1, 0.15) is 11.5 Å². The molecule has 0 heterocycles. The van der Waals surface area contributed by atoms with E-state index < -0.39 is 17.9 Å². The molecule has 0 unspecified atom stereocenters. The van der Waals surface area contributed by atoms with Gasteiger partial charge in [-0.2, -0.15) is 0 Å². The third kappa shape index (κ3) is 6.21. The lowest BCUT2D eigenvalue weighted by Gasteiger charge is -2.16. The highest BCUT2D eigenvalue weighted by Gasteiger charge is 2.17. The first kappa shape index (κ1) is 22.6. The summed E-state index contributed by atoms with van der Waals surface area (Å²) in [5.74, 6) is 0.355. The molecule has 3 aromatic rings. The molecule has 3 aromatic carbocycles. The van der Waals surface area contributed by atoms with Crippen LogP contribution in [0.15, 0.2) is 65.1 Å². The first-order valence-corrected chi connectivity index (χ1v) is 10.9. The van der Waals surface area contributed by atoms with Crippen LogP contribution in [-0.2, 0) is 4.79 Å². The van der Waals surface area contributed by atoms with E-state index >= 15 is 0 Å². The highest BCUT2D eigenvalue weighted by atomic mass is 79.9. The number of hydrazine groups is 1. The summed E-state index contributed by atoms with van der Waals surface area (Å²) in [4.78, 5) is 24.7. The molecular formula is C24H25BrN2O4. The molecule has 0 saturated heterocycles. The molecule has 0 spiro atoms. The largest absolute Gasteiger partial charge is 0.492 e. The van der Waals surface area contributed by atoms with Crippen molar-refractivity contribution in [3.8, 4) is 11.5 Å². The van der Waals surface area contributed by atoms with E-state index in [0.717, 1.165) is 23.6 Å². The van der Waals surface area contributed by atoms with Crippen molar-refractivity contribution in [2.75, 3.05) is 6.61 Å². The maximum atomic E-state index is 12.4. The van der Waals surface area contributed by atoms with Crippen molar-refractivity contribution in [3.05, 3.63) is 70.7 Å². The Balaban J connectivity index is 1.53. The van der Waals surface area contributed by atoms with Gasteiger partial charge in [-0.1, -0.05) is 43.7 Å². The van der Waals surface area contributed by atoms with Gasteiger partial charge in [-0.05, 0) is 70.4 Å². The molecule has 0 aliphatic heterocycles. The summed E-state index contributed by atoms with van der Waals surface area (Å²) in [5, 5.41) is 2.11. The van der Waals surface area contributed by atoms with Gasteiger partial charge in [0.15, 0.2) is 6.10 Å². The van der Waals surface area contributed by atoms with E-state index in [0.29, 0.717) is 28.1 Å². The zero-order valence-electron chi connectivity index (χ0n) is 17.5. The Morgan fingerprint density at radius 1 is 1.00 bits per heavy atom. The summed E-state index contributed by atoms with van der Waals surface area (Å²) in [5.41, 5.74) is 5.21. The van der Waals surface area contributed by atoms with Crippen molar-refractivity contribution in [1.82, 2.24) is 10.9 Å². The first-order valence-electron chi connectivity index (χ1n) is 10.2. The van der Waals surface area contributed by atoms with Gasteiger partial charge in [-0.3, -0.25) is 20.4 Å². The van der Waals surface area contributed by atoms with Gasteiger partial charge < -0.3 is 9.47 Å². The van der Waals surface area contributed by atoms with Crippen LogP contribution in [0, 0.1) is 0 Å². The number of unbranched alkanes of at least 4 members (excludes halogenated alkanes) is 1. The van der Waals surface area contributed by atoms with Crippen molar-refractivity contribution < 1.29 is 19.1 Å². The predicted molar refractivity (Wildman–Crippen MR) is 124 cm³/mol. The Kier molecular flexibility index (Phi) is 7.89. The second kappa shape index (κ2) is 10.8. The van der Waals surface area contributed by atoms with Gasteiger partial charge in [-0.15, -0.1) is 0 Å². The van der Waals surface area contributed by atoms with Crippen LogP contribution in [0.3, 0.4) is 0 Å². The minimum atomic E-state index is -0.789. The lowest BCUT2D eigenvalue weighted by Crippen LogP contribution is -2.47. The number of amides is 2. The number of fused-ring (bicyclic) bond motifs is 1. The lowest BCUT2D eigenvalue weighted by molar-refractivity contribution is -0.128. The molecule has 7 heteroatoms. The van der Waals surface area contributed by atoms with Crippen LogP contribution < -0.4 is 20.3 Å². The maximum Gasteiger partial charge on any atom is 0.279 e. The lowest BCUT2D eigenvalue weighted by atomic mass is 10.1. The van der Waals surface area contributed by atoms with E-state index in [2.05, 4.69) is 33.7 Å². The minimum Gasteiger partial charge on any atom is -0.492 e. The van der Waals surface area contributed by atoms with E-state index in [1.165, 1.54) is 0 Å². The third-order valence-corrected chi connectivity index (χ3v) is 5.27. The number of carbonyl (C=O) groups excluding carboxylic acids is 2. The Hall–Kier alpha value is -3.06. The van der Waals surface area contributed by atoms with E-state index in [-0.39, 0.29) is 0 Å². The Bertz CT molecular complexity index is 1070. The maximum absolute atomic E-state index is 12.4. The number of hydrogen-bond donors (Lipinski definition) is 2. The van der Waals surface area contributed by atoms with Crippen molar-refractivity contribution in [2.45, 2.75) is 32.8 Å². The quantitative estimate of drug-likeness (QED) is 0.348. The van der Waals surface area contributed by atoms with Crippen molar-refractivity contribution in [2.24, 2.45) is 0 Å². The summed E-state index contributed by atoms with van der Waals surface area (Å²) in [7, 11) is 0. The van der Waals surface area contributed by atoms with Crippen LogP contribution in [0.1, 0.15) is 37.0 Å². The van der Waals surface area contributed by atoms with Gasteiger partial charge in [0, 0.05) is 5.56 Å². The van der Waals surface area contributed by atoms with Crippen LogP contribution in [0.2, 0.25) is 0 Å². The molecule has 3 rings (SSSR count). The summed E-state index contributed by atoms with van der Waals surface area (Å²) in [6.07, 6.45) is 1.21. The van der Waals surface area contributed by atoms with Crippen LogP contribution in [0.25, 0.3) is 10.8 Å². The average molecular weight is 485 g/mol. The van der Waals surface area contributed by atoms with E-state index in [1.807, 2.05) is 42.5 Å². The molecule has 0 radical (unpaired) electrons. The summed E-state index contributed by atoms with van der Waals surface area (Å²) in [6.45, 7) is 4.33. The topological polar surface area (TPSA) is 76.7 Å². The van der Waals surface area contributed by atoms with Crippen LogP contribution >= 0.6 is 15.9 Å². The Labute approximate surface area is 190 Å². The highest BCUT2D eigenvalue weighted by Crippen LogP contribution is 2.26. The molecule has 0 aromatic heterocycles. The SMILES string of the molecule is CCCCOc1ccc(C(=O)NNC(=O)[C@@H](C)Oc2ccc3ccccc3c2)cc1Br. The molecule has 0 aliphatic carbocycles. The third-order valence-electron chi connectivity index (χ3n) is 4.65. The number of rotatable bonds is 8. The molecular weight excluding hydrogens is 460 g/mol. The number of ether oxygens (including phenoxy) is 2. The van der Waals surface area contributed by atoms with Gasteiger partial charge >= 0.3 is 0 Å². The van der Waals surface area contributed by atoms with Crippen LogP contribution in [0.5, 0.6) is 11.5 Å². The van der Waals surface area contributed by atoms with E-state index in [9.17, 15) is 9.59 Å². The van der Waals surface area contributed by atoms with Gasteiger partial charge in [0.05, 0.1) is 11.1 Å². The zero-order valence-corrected chi connectivity index (χ0v) is 19.1. The van der Waals surface area contributed by atoms with Crippen molar-refractivity contribution >= 4 is 38.5 Å². The molecule has 162 valence electrons. The van der Waals surface area contributed by atoms with Gasteiger partial charge in [-0.25, -0.2) is 0 Å². The fourth-order valence-corrected chi connectivity index (χ4v) is 3.37. The summed E-state index contributed by atoms with van der Waals surface area (Å²) in [6, 6.07) is 18.5. The number of hydrogen-bond acceptors (Lipinski definition) is 4. The minimum absolute atomic E-state index is 0.387. The Morgan fingerprint density at radius 3 is 2.52 bits per heavy atom. The van der Waals surface area contributed by atoms with Crippen molar-refractivity contribution in [3.63, 3.8) is 0 Å². The summed E-state index contributed by atoms with van der Waals surface area (Å²) < 4.78 is 12.1. The molecule has 0 fully saturated rings. The van der Waals surface area contributed by atoms with E-state index in [1.54, 1.807) is 25.1 Å². The van der Waals surface area contributed by atoms with Gasteiger partial charge in [0.25, 0.3) is 11.8 Å². The molecule has 1 atom stereocenters. The Morgan fingerprint density at radius 2 is 1.77 bits per heavy atom.